The highest BCUT2D eigenvalue weighted by Gasteiger charge is 2.24. The van der Waals surface area contributed by atoms with Gasteiger partial charge in [0.05, 0.1) is 13.7 Å². The highest BCUT2D eigenvalue weighted by molar-refractivity contribution is 5.80. The topological polar surface area (TPSA) is 58.6 Å². The van der Waals surface area contributed by atoms with Crippen molar-refractivity contribution in [3.05, 3.63) is 23.8 Å². The standard InChI is InChI=1S/C22H38N4O3/c1-6-25(7-2)12-13-29-20-9-8-18(14-21(20)28-5)15-24-22(23-3)26-11-10-19(16-26)17-27-4/h8-9,14,19H,6-7,10-13,15-17H2,1-5H3,(H,23,24). The van der Waals surface area contributed by atoms with E-state index in [1.54, 1.807) is 14.2 Å². The Morgan fingerprint density at radius 1 is 1.24 bits per heavy atom. The van der Waals surface area contributed by atoms with Crippen LogP contribution < -0.4 is 14.8 Å². The molecule has 1 unspecified atom stereocenters. The van der Waals surface area contributed by atoms with Crippen LogP contribution in [0.1, 0.15) is 25.8 Å². The number of likely N-dealkylation sites (N-methyl/N-ethyl adjacent to an activating group) is 1. The molecule has 0 aromatic heterocycles. The third-order valence-corrected chi connectivity index (χ3v) is 5.44. The zero-order valence-corrected chi connectivity index (χ0v) is 18.7. The van der Waals surface area contributed by atoms with Gasteiger partial charge in [0.2, 0.25) is 0 Å². The van der Waals surface area contributed by atoms with E-state index in [0.29, 0.717) is 19.1 Å². The zero-order chi connectivity index (χ0) is 21.1. The first-order valence-corrected chi connectivity index (χ1v) is 10.6. The highest BCUT2D eigenvalue weighted by Crippen LogP contribution is 2.28. The second-order valence-electron chi connectivity index (χ2n) is 7.32. The van der Waals surface area contributed by atoms with Gasteiger partial charge in [-0.3, -0.25) is 4.99 Å². The Labute approximate surface area is 176 Å². The molecule has 1 N–H and O–H groups in total. The number of ether oxygens (including phenoxy) is 3. The van der Waals surface area contributed by atoms with E-state index in [0.717, 1.165) is 68.8 Å². The molecule has 7 nitrogen and oxygen atoms in total. The van der Waals surface area contributed by atoms with Crippen LogP contribution in [0.25, 0.3) is 0 Å². The number of likely N-dealkylation sites (tertiary alicyclic amines) is 1. The maximum absolute atomic E-state index is 5.95. The lowest BCUT2D eigenvalue weighted by Gasteiger charge is -2.22. The average Bonchev–Trinajstić information content (AvgIpc) is 3.21. The Morgan fingerprint density at radius 3 is 2.69 bits per heavy atom. The van der Waals surface area contributed by atoms with E-state index in [1.807, 2.05) is 19.2 Å². The molecule has 2 rings (SSSR count). The lowest BCUT2D eigenvalue weighted by atomic mass is 10.1. The number of aliphatic imine (C=N–C) groups is 1. The summed E-state index contributed by atoms with van der Waals surface area (Å²) in [5.41, 5.74) is 1.13. The van der Waals surface area contributed by atoms with Gasteiger partial charge in [-0.15, -0.1) is 0 Å². The molecule has 0 saturated carbocycles. The SMILES string of the molecule is CCN(CC)CCOc1ccc(CNC(=NC)N2CCC(COC)C2)cc1OC. The molecule has 0 amide bonds. The number of guanidine groups is 1. The van der Waals surface area contributed by atoms with Gasteiger partial charge >= 0.3 is 0 Å². The van der Waals surface area contributed by atoms with Crippen molar-refractivity contribution < 1.29 is 14.2 Å². The Morgan fingerprint density at radius 2 is 2.03 bits per heavy atom. The lowest BCUT2D eigenvalue weighted by Crippen LogP contribution is -2.39. The molecule has 29 heavy (non-hydrogen) atoms. The fraction of sp³-hybridized carbons (Fsp3) is 0.682. The van der Waals surface area contributed by atoms with E-state index < -0.39 is 0 Å². The minimum Gasteiger partial charge on any atom is -0.493 e. The maximum Gasteiger partial charge on any atom is 0.193 e. The first kappa shape index (κ1) is 23.3. The summed E-state index contributed by atoms with van der Waals surface area (Å²) in [5.74, 6) is 3.06. The predicted molar refractivity (Wildman–Crippen MR) is 118 cm³/mol. The van der Waals surface area contributed by atoms with E-state index in [2.05, 4.69) is 40.0 Å². The molecule has 1 aliphatic heterocycles. The Bertz CT molecular complexity index is 634. The molecule has 7 heteroatoms. The van der Waals surface area contributed by atoms with Crippen molar-refractivity contribution in [2.45, 2.75) is 26.8 Å². The van der Waals surface area contributed by atoms with Crippen LogP contribution in [-0.4, -0.2) is 83.0 Å². The highest BCUT2D eigenvalue weighted by atomic mass is 16.5. The summed E-state index contributed by atoms with van der Waals surface area (Å²) in [5, 5.41) is 3.47. The van der Waals surface area contributed by atoms with E-state index in [9.17, 15) is 0 Å². The Kier molecular flexibility index (Phi) is 10.1. The molecule has 1 heterocycles. The predicted octanol–water partition coefficient (Wildman–Crippen LogP) is 2.46. The minimum atomic E-state index is 0.575. The summed E-state index contributed by atoms with van der Waals surface area (Å²) in [7, 11) is 5.28. The van der Waals surface area contributed by atoms with Gasteiger partial charge in [0.25, 0.3) is 0 Å². The average molecular weight is 407 g/mol. The quantitative estimate of drug-likeness (QED) is 0.450. The van der Waals surface area contributed by atoms with Gasteiger partial charge in [-0.25, -0.2) is 0 Å². The molecule has 1 saturated heterocycles. The fourth-order valence-electron chi connectivity index (χ4n) is 3.68. The number of nitrogens with one attached hydrogen (secondary N) is 1. The fourth-order valence-corrected chi connectivity index (χ4v) is 3.68. The third-order valence-electron chi connectivity index (χ3n) is 5.44. The van der Waals surface area contributed by atoms with Crippen LogP contribution in [0.2, 0.25) is 0 Å². The summed E-state index contributed by atoms with van der Waals surface area (Å²) in [6.45, 7) is 11.5. The van der Waals surface area contributed by atoms with Gasteiger partial charge in [-0.2, -0.15) is 0 Å². The van der Waals surface area contributed by atoms with E-state index in [-0.39, 0.29) is 0 Å². The number of methoxy groups -OCH3 is 2. The second kappa shape index (κ2) is 12.5. The molecule has 1 aromatic rings. The molecule has 1 atom stereocenters. The molecule has 0 radical (unpaired) electrons. The molecule has 1 aliphatic rings. The summed E-state index contributed by atoms with van der Waals surface area (Å²) in [6.07, 6.45) is 1.14. The van der Waals surface area contributed by atoms with Crippen molar-refractivity contribution in [3.63, 3.8) is 0 Å². The van der Waals surface area contributed by atoms with Crippen LogP contribution >= 0.6 is 0 Å². The molecule has 1 fully saturated rings. The first-order chi connectivity index (χ1) is 14.1. The summed E-state index contributed by atoms with van der Waals surface area (Å²) in [4.78, 5) is 9.08. The van der Waals surface area contributed by atoms with Crippen LogP contribution in [0.3, 0.4) is 0 Å². The molecule has 0 spiro atoms. The number of benzene rings is 1. The molecule has 0 bridgehead atoms. The molecule has 164 valence electrons. The Balaban J connectivity index is 1.89. The van der Waals surface area contributed by atoms with Crippen molar-refractivity contribution in [1.82, 2.24) is 15.1 Å². The zero-order valence-electron chi connectivity index (χ0n) is 18.7. The third kappa shape index (κ3) is 7.08. The Hall–Kier alpha value is -1.99. The van der Waals surface area contributed by atoms with Crippen molar-refractivity contribution in [3.8, 4) is 11.5 Å². The van der Waals surface area contributed by atoms with Crippen molar-refractivity contribution in [2.24, 2.45) is 10.9 Å². The summed E-state index contributed by atoms with van der Waals surface area (Å²) >= 11 is 0. The number of hydrogen-bond donors (Lipinski definition) is 1. The second-order valence-corrected chi connectivity index (χ2v) is 7.32. The van der Waals surface area contributed by atoms with Crippen LogP contribution in [0.5, 0.6) is 11.5 Å². The number of nitrogens with zero attached hydrogens (tertiary/aromatic N) is 3. The van der Waals surface area contributed by atoms with Crippen molar-refractivity contribution >= 4 is 5.96 Å². The van der Waals surface area contributed by atoms with Crippen LogP contribution in [0, 0.1) is 5.92 Å². The molecule has 1 aromatic carbocycles. The molecule has 0 aliphatic carbocycles. The maximum atomic E-state index is 5.95. The van der Waals surface area contributed by atoms with Crippen LogP contribution in [0.15, 0.2) is 23.2 Å². The van der Waals surface area contributed by atoms with Gasteiger partial charge in [0, 0.05) is 46.3 Å². The van der Waals surface area contributed by atoms with Crippen LogP contribution in [0.4, 0.5) is 0 Å². The number of rotatable bonds is 11. The van der Waals surface area contributed by atoms with Gasteiger partial charge < -0.3 is 29.3 Å². The monoisotopic (exact) mass is 406 g/mol. The van der Waals surface area contributed by atoms with Crippen LogP contribution in [-0.2, 0) is 11.3 Å². The summed E-state index contributed by atoms with van der Waals surface area (Å²) < 4.78 is 16.8. The van der Waals surface area contributed by atoms with Gasteiger partial charge in [-0.1, -0.05) is 19.9 Å². The van der Waals surface area contributed by atoms with Crippen molar-refractivity contribution in [1.29, 1.82) is 0 Å². The largest absolute Gasteiger partial charge is 0.493 e. The minimum absolute atomic E-state index is 0.575. The number of hydrogen-bond acceptors (Lipinski definition) is 5. The van der Waals surface area contributed by atoms with Gasteiger partial charge in [0.15, 0.2) is 17.5 Å². The van der Waals surface area contributed by atoms with E-state index >= 15 is 0 Å². The lowest BCUT2D eigenvalue weighted by molar-refractivity contribution is 0.157. The van der Waals surface area contributed by atoms with Gasteiger partial charge in [-0.05, 0) is 37.2 Å². The van der Waals surface area contributed by atoms with Gasteiger partial charge in [0.1, 0.15) is 6.61 Å². The summed E-state index contributed by atoms with van der Waals surface area (Å²) in [6, 6.07) is 6.10. The van der Waals surface area contributed by atoms with E-state index in [1.165, 1.54) is 0 Å². The van der Waals surface area contributed by atoms with E-state index in [4.69, 9.17) is 14.2 Å². The normalized spacial score (nSPS) is 17.1. The molecular formula is C22H38N4O3. The first-order valence-electron chi connectivity index (χ1n) is 10.6. The smallest absolute Gasteiger partial charge is 0.193 e. The van der Waals surface area contributed by atoms with Crippen molar-refractivity contribution in [2.75, 3.05) is 67.2 Å². The molecular weight excluding hydrogens is 368 g/mol.